The van der Waals surface area contributed by atoms with Crippen LogP contribution in [0.3, 0.4) is 0 Å². The molecule has 0 radical (unpaired) electrons. The van der Waals surface area contributed by atoms with Gasteiger partial charge in [0.25, 0.3) is 5.91 Å². The number of aromatic hydroxyl groups is 1. The van der Waals surface area contributed by atoms with Gasteiger partial charge in [-0.25, -0.2) is 0 Å². The quantitative estimate of drug-likeness (QED) is 0.596. The van der Waals surface area contributed by atoms with Crippen molar-refractivity contribution in [3.05, 3.63) is 48.0 Å². The van der Waals surface area contributed by atoms with E-state index in [1.54, 1.807) is 24.3 Å². The SMILES string of the molecule is CC(C)Oc1ccc(NC(=O)c2cc(O)ccc2N)cc1. The molecule has 0 bridgehead atoms. The minimum atomic E-state index is -0.374. The van der Waals surface area contributed by atoms with E-state index in [2.05, 4.69) is 5.32 Å². The van der Waals surface area contributed by atoms with Gasteiger partial charge in [0.1, 0.15) is 11.5 Å². The Morgan fingerprint density at radius 2 is 1.86 bits per heavy atom. The summed E-state index contributed by atoms with van der Waals surface area (Å²) in [5.41, 5.74) is 6.90. The third kappa shape index (κ3) is 3.89. The highest BCUT2D eigenvalue weighted by Crippen LogP contribution is 2.21. The number of carbonyl (C=O) groups is 1. The highest BCUT2D eigenvalue weighted by molar-refractivity contribution is 6.08. The van der Waals surface area contributed by atoms with Gasteiger partial charge in [-0.05, 0) is 56.3 Å². The van der Waals surface area contributed by atoms with Crippen molar-refractivity contribution in [3.63, 3.8) is 0 Å². The molecule has 0 saturated heterocycles. The third-order valence-corrected chi connectivity index (χ3v) is 2.77. The van der Waals surface area contributed by atoms with Gasteiger partial charge in [0, 0.05) is 11.4 Å². The fourth-order valence-corrected chi connectivity index (χ4v) is 1.83. The van der Waals surface area contributed by atoms with E-state index in [-0.39, 0.29) is 23.3 Å². The molecule has 0 atom stereocenters. The average molecular weight is 286 g/mol. The van der Waals surface area contributed by atoms with Crippen molar-refractivity contribution in [2.24, 2.45) is 0 Å². The zero-order valence-corrected chi connectivity index (χ0v) is 12.0. The van der Waals surface area contributed by atoms with Gasteiger partial charge in [0.2, 0.25) is 0 Å². The number of nitrogens with one attached hydrogen (secondary N) is 1. The van der Waals surface area contributed by atoms with Crippen molar-refractivity contribution >= 4 is 17.3 Å². The molecule has 21 heavy (non-hydrogen) atoms. The summed E-state index contributed by atoms with van der Waals surface area (Å²) >= 11 is 0. The van der Waals surface area contributed by atoms with Crippen LogP contribution >= 0.6 is 0 Å². The summed E-state index contributed by atoms with van der Waals surface area (Å²) in [7, 11) is 0. The smallest absolute Gasteiger partial charge is 0.257 e. The number of phenols is 1. The molecule has 110 valence electrons. The lowest BCUT2D eigenvalue weighted by atomic mass is 10.1. The molecule has 0 aliphatic rings. The van der Waals surface area contributed by atoms with Crippen molar-refractivity contribution in [3.8, 4) is 11.5 Å². The highest BCUT2D eigenvalue weighted by atomic mass is 16.5. The second-order valence-electron chi connectivity index (χ2n) is 4.92. The van der Waals surface area contributed by atoms with Gasteiger partial charge in [0.15, 0.2) is 0 Å². The summed E-state index contributed by atoms with van der Waals surface area (Å²) < 4.78 is 5.53. The van der Waals surface area contributed by atoms with Crippen LogP contribution in [0, 0.1) is 0 Å². The second-order valence-corrected chi connectivity index (χ2v) is 4.92. The molecule has 2 aromatic rings. The van der Waals surface area contributed by atoms with Crippen LogP contribution < -0.4 is 15.8 Å². The monoisotopic (exact) mass is 286 g/mol. The van der Waals surface area contributed by atoms with E-state index in [0.717, 1.165) is 5.75 Å². The number of anilines is 2. The molecule has 0 saturated carbocycles. The van der Waals surface area contributed by atoms with Gasteiger partial charge >= 0.3 is 0 Å². The first kappa shape index (κ1) is 14.7. The molecule has 4 N–H and O–H groups in total. The summed E-state index contributed by atoms with van der Waals surface area (Å²) in [6, 6.07) is 11.3. The van der Waals surface area contributed by atoms with Gasteiger partial charge in [-0.2, -0.15) is 0 Å². The lowest BCUT2D eigenvalue weighted by Crippen LogP contribution is -2.14. The van der Waals surface area contributed by atoms with Gasteiger partial charge in [0.05, 0.1) is 11.7 Å². The van der Waals surface area contributed by atoms with Crippen molar-refractivity contribution in [1.29, 1.82) is 0 Å². The van der Waals surface area contributed by atoms with Crippen LogP contribution in [0.1, 0.15) is 24.2 Å². The van der Waals surface area contributed by atoms with Crippen LogP contribution in [0.5, 0.6) is 11.5 Å². The Balaban J connectivity index is 2.10. The maximum Gasteiger partial charge on any atom is 0.257 e. The Labute approximate surface area is 123 Å². The van der Waals surface area contributed by atoms with Crippen molar-refractivity contribution < 1.29 is 14.6 Å². The van der Waals surface area contributed by atoms with Gasteiger partial charge in [-0.15, -0.1) is 0 Å². The maximum atomic E-state index is 12.1. The molecule has 0 unspecified atom stereocenters. The number of hydrogen-bond donors (Lipinski definition) is 3. The van der Waals surface area contributed by atoms with Crippen molar-refractivity contribution in [2.45, 2.75) is 20.0 Å². The van der Waals surface area contributed by atoms with E-state index in [1.165, 1.54) is 18.2 Å². The predicted octanol–water partition coefficient (Wildman–Crippen LogP) is 3.01. The molecule has 0 aromatic heterocycles. The van der Waals surface area contributed by atoms with Gasteiger partial charge in [-0.3, -0.25) is 4.79 Å². The minimum absolute atomic E-state index is 0.00460. The first-order valence-corrected chi connectivity index (χ1v) is 6.62. The lowest BCUT2D eigenvalue weighted by molar-refractivity contribution is 0.102. The maximum absolute atomic E-state index is 12.1. The second kappa shape index (κ2) is 6.17. The summed E-state index contributed by atoms with van der Waals surface area (Å²) in [6.07, 6.45) is 0.0949. The highest BCUT2D eigenvalue weighted by Gasteiger charge is 2.11. The molecule has 5 heteroatoms. The standard InChI is InChI=1S/C16H18N2O3/c1-10(2)21-13-6-3-11(4-7-13)18-16(20)14-9-12(19)5-8-15(14)17/h3-10,19H,17H2,1-2H3,(H,18,20). The molecule has 0 aliphatic carbocycles. The summed E-state index contributed by atoms with van der Waals surface area (Å²) in [6.45, 7) is 3.89. The van der Waals surface area contributed by atoms with Crippen LogP contribution in [0.2, 0.25) is 0 Å². The average Bonchev–Trinajstić information content (AvgIpc) is 2.43. The first-order chi connectivity index (χ1) is 9.95. The molecular weight excluding hydrogens is 268 g/mol. The van der Waals surface area contributed by atoms with Crippen LogP contribution in [-0.2, 0) is 0 Å². The van der Waals surface area contributed by atoms with Gasteiger partial charge < -0.3 is 20.9 Å². The van der Waals surface area contributed by atoms with E-state index in [1.807, 2.05) is 13.8 Å². The van der Waals surface area contributed by atoms with Crippen molar-refractivity contribution in [2.75, 3.05) is 11.1 Å². The zero-order chi connectivity index (χ0) is 15.4. The summed E-state index contributed by atoms with van der Waals surface area (Å²) in [5.74, 6) is 0.357. The molecule has 0 spiro atoms. The zero-order valence-electron chi connectivity index (χ0n) is 12.0. The van der Waals surface area contributed by atoms with Crippen LogP contribution in [0.4, 0.5) is 11.4 Å². The third-order valence-electron chi connectivity index (χ3n) is 2.77. The number of benzene rings is 2. The number of carbonyl (C=O) groups excluding carboxylic acids is 1. The molecule has 0 aliphatic heterocycles. The largest absolute Gasteiger partial charge is 0.508 e. The number of hydrogen-bond acceptors (Lipinski definition) is 4. The van der Waals surface area contributed by atoms with E-state index < -0.39 is 0 Å². The van der Waals surface area contributed by atoms with Crippen LogP contribution in [0.25, 0.3) is 0 Å². The lowest BCUT2D eigenvalue weighted by Gasteiger charge is -2.11. The Hall–Kier alpha value is -2.69. The number of amides is 1. The fraction of sp³-hybridized carbons (Fsp3) is 0.188. The molecule has 0 fully saturated rings. The van der Waals surface area contributed by atoms with Crippen LogP contribution in [-0.4, -0.2) is 17.1 Å². The fourth-order valence-electron chi connectivity index (χ4n) is 1.83. The van der Waals surface area contributed by atoms with E-state index in [9.17, 15) is 9.90 Å². The van der Waals surface area contributed by atoms with Gasteiger partial charge in [-0.1, -0.05) is 0 Å². The number of nitrogen functional groups attached to an aromatic ring is 1. The number of rotatable bonds is 4. The van der Waals surface area contributed by atoms with E-state index in [4.69, 9.17) is 10.5 Å². The molecular formula is C16H18N2O3. The molecule has 1 amide bonds. The number of phenolic OH excluding ortho intramolecular Hbond substituents is 1. The Morgan fingerprint density at radius 3 is 2.48 bits per heavy atom. The molecule has 5 nitrogen and oxygen atoms in total. The summed E-state index contributed by atoms with van der Waals surface area (Å²) in [5, 5.41) is 12.1. The van der Waals surface area contributed by atoms with E-state index >= 15 is 0 Å². The predicted molar refractivity (Wildman–Crippen MR) is 82.7 cm³/mol. The molecule has 2 aromatic carbocycles. The molecule has 0 heterocycles. The topological polar surface area (TPSA) is 84.6 Å². The van der Waals surface area contributed by atoms with Crippen LogP contribution in [0.15, 0.2) is 42.5 Å². The Kier molecular flexibility index (Phi) is 4.33. The number of ether oxygens (including phenoxy) is 1. The van der Waals surface area contributed by atoms with Crippen molar-refractivity contribution in [1.82, 2.24) is 0 Å². The minimum Gasteiger partial charge on any atom is -0.508 e. The Morgan fingerprint density at radius 1 is 1.19 bits per heavy atom. The first-order valence-electron chi connectivity index (χ1n) is 6.62. The number of nitrogens with two attached hydrogens (primary N) is 1. The van der Waals surface area contributed by atoms with E-state index in [0.29, 0.717) is 11.4 Å². The Bertz CT molecular complexity index is 636. The molecule has 2 rings (SSSR count). The summed E-state index contributed by atoms with van der Waals surface area (Å²) in [4.78, 5) is 12.1. The normalized spacial score (nSPS) is 10.4.